The van der Waals surface area contributed by atoms with Gasteiger partial charge < -0.3 is 10.6 Å². The Kier molecular flexibility index (Phi) is 4.59. The fraction of sp³-hybridized carbons (Fsp3) is 0.167. The van der Waals surface area contributed by atoms with Crippen molar-refractivity contribution in [3.8, 4) is 0 Å². The van der Waals surface area contributed by atoms with Crippen LogP contribution in [0.5, 0.6) is 0 Å². The first-order chi connectivity index (χ1) is 14.9. The van der Waals surface area contributed by atoms with Crippen molar-refractivity contribution in [1.29, 1.82) is 0 Å². The van der Waals surface area contributed by atoms with E-state index in [1.807, 2.05) is 62.4 Å². The number of aromatic nitrogens is 2. The van der Waals surface area contributed by atoms with E-state index in [0.717, 1.165) is 40.5 Å². The number of benzene rings is 2. The number of anilines is 1. The second-order valence-electron chi connectivity index (χ2n) is 6.92. The Hall–Kier alpha value is -3.80. The van der Waals surface area contributed by atoms with Crippen LogP contribution in [-0.4, -0.2) is 20.4 Å². The van der Waals surface area contributed by atoms with Crippen LogP contribution in [0.4, 0.5) is 11.6 Å². The molecule has 0 amide bonds. The number of aliphatic imine (C=N–C) groups is 1. The Morgan fingerprint density at radius 1 is 0.967 bits per heavy atom. The van der Waals surface area contributed by atoms with Crippen molar-refractivity contribution in [2.45, 2.75) is 26.6 Å². The summed E-state index contributed by atoms with van der Waals surface area (Å²) in [5, 5.41) is 7.14. The van der Waals surface area contributed by atoms with Gasteiger partial charge in [0.25, 0.3) is 0 Å². The minimum absolute atomic E-state index is 0.122. The van der Waals surface area contributed by atoms with E-state index >= 15 is 0 Å². The maximum Gasteiger partial charge on any atom is 0.237 e. The van der Waals surface area contributed by atoms with Crippen LogP contribution in [0.1, 0.15) is 26.6 Å². The van der Waals surface area contributed by atoms with Gasteiger partial charge in [-0.1, -0.05) is 56.3 Å². The topological polar surface area (TPSA) is 57.5 Å². The predicted molar refractivity (Wildman–Crippen MR) is 122 cm³/mol. The van der Waals surface area contributed by atoms with E-state index in [9.17, 15) is 0 Å². The van der Waals surface area contributed by atoms with Crippen LogP contribution in [-0.2, 0) is 0 Å². The van der Waals surface area contributed by atoms with Gasteiger partial charge in [0.15, 0.2) is 6.29 Å². The molecule has 6 heteroatoms. The van der Waals surface area contributed by atoms with Crippen molar-refractivity contribution in [1.82, 2.24) is 19.8 Å². The molecule has 6 rings (SSSR count). The average molecular weight is 396 g/mol. The number of rotatable bonds is 1. The zero-order chi connectivity index (χ0) is 20.5. The molecule has 1 atom stereocenters. The Bertz CT molecular complexity index is 1200. The van der Waals surface area contributed by atoms with Crippen molar-refractivity contribution in [2.75, 3.05) is 5.32 Å². The Morgan fingerprint density at radius 3 is 2.60 bits per heavy atom. The summed E-state index contributed by atoms with van der Waals surface area (Å²) < 4.78 is 2.15. The lowest BCUT2D eigenvalue weighted by molar-refractivity contribution is 0.286. The largest absolute Gasteiger partial charge is 0.346 e. The molecular formula is C24H24N6. The van der Waals surface area contributed by atoms with Crippen molar-refractivity contribution in [3.05, 3.63) is 90.3 Å². The molecule has 1 unspecified atom stereocenters. The van der Waals surface area contributed by atoms with Gasteiger partial charge in [0.2, 0.25) is 11.9 Å². The van der Waals surface area contributed by atoms with Crippen molar-refractivity contribution >= 4 is 28.6 Å². The van der Waals surface area contributed by atoms with Gasteiger partial charge in [-0.3, -0.25) is 9.47 Å². The highest BCUT2D eigenvalue weighted by atomic mass is 15.5. The fourth-order valence-electron chi connectivity index (χ4n) is 3.94. The second kappa shape index (κ2) is 7.55. The number of guanidine groups is 1. The monoisotopic (exact) mass is 396 g/mol. The number of nitrogens with zero attached hydrogens (tertiary/aromatic N) is 4. The minimum Gasteiger partial charge on any atom is -0.346 e. The molecule has 3 aliphatic rings. The Labute approximate surface area is 175 Å². The highest BCUT2D eigenvalue weighted by Crippen LogP contribution is 2.39. The first-order valence-corrected chi connectivity index (χ1v) is 10.4. The van der Waals surface area contributed by atoms with E-state index in [1.54, 1.807) is 0 Å². The lowest BCUT2D eigenvalue weighted by Crippen LogP contribution is -2.43. The highest BCUT2D eigenvalue weighted by molar-refractivity contribution is 5.98. The summed E-state index contributed by atoms with van der Waals surface area (Å²) in [7, 11) is 0. The molecule has 2 N–H and O–H groups in total. The molecule has 0 bridgehead atoms. The molecule has 3 heterocycles. The van der Waals surface area contributed by atoms with Crippen LogP contribution in [0.2, 0.25) is 0 Å². The van der Waals surface area contributed by atoms with Gasteiger partial charge >= 0.3 is 0 Å². The molecule has 0 saturated carbocycles. The van der Waals surface area contributed by atoms with E-state index < -0.39 is 0 Å². The second-order valence-corrected chi connectivity index (χ2v) is 6.92. The molecule has 150 valence electrons. The quantitative estimate of drug-likeness (QED) is 0.589. The first-order valence-electron chi connectivity index (χ1n) is 10.4. The van der Waals surface area contributed by atoms with Gasteiger partial charge in [-0.2, -0.15) is 4.99 Å². The number of allylic oxidation sites excluding steroid dienone is 4. The molecule has 3 aromatic rings. The van der Waals surface area contributed by atoms with Crippen LogP contribution < -0.4 is 10.6 Å². The highest BCUT2D eigenvalue weighted by Gasteiger charge is 2.39. The van der Waals surface area contributed by atoms with Crippen LogP contribution in [0, 0.1) is 0 Å². The van der Waals surface area contributed by atoms with Gasteiger partial charge in [-0.05, 0) is 42.8 Å². The molecular weight excluding hydrogens is 372 g/mol. The molecule has 0 fully saturated rings. The van der Waals surface area contributed by atoms with E-state index in [4.69, 9.17) is 9.98 Å². The standard InChI is InChI=1S/C22H18N6.C2H6/c1-3-9-15(10-4-1)23-20-26-21-24-16-12-7-8-14-18(16)28(21)22-25-17-11-5-2-6-13-19(17)27(20)22;1-2/h1,3-14,22,25H,2H2,(H,23,24,26);1-2H3. The van der Waals surface area contributed by atoms with Gasteiger partial charge in [0.05, 0.1) is 22.4 Å². The lowest BCUT2D eigenvalue weighted by Gasteiger charge is -2.34. The summed E-state index contributed by atoms with van der Waals surface area (Å²) in [5.74, 6) is 1.45. The van der Waals surface area contributed by atoms with Crippen LogP contribution >= 0.6 is 0 Å². The average Bonchev–Trinajstić information content (AvgIpc) is 3.25. The van der Waals surface area contributed by atoms with Crippen LogP contribution in [0.25, 0.3) is 11.0 Å². The van der Waals surface area contributed by atoms with E-state index in [1.165, 1.54) is 0 Å². The van der Waals surface area contributed by atoms with E-state index in [2.05, 4.69) is 50.5 Å². The van der Waals surface area contributed by atoms with Crippen molar-refractivity contribution in [3.63, 3.8) is 0 Å². The van der Waals surface area contributed by atoms with E-state index in [0.29, 0.717) is 5.95 Å². The number of imidazole rings is 1. The third-order valence-corrected chi connectivity index (χ3v) is 5.18. The molecule has 2 aliphatic heterocycles. The zero-order valence-corrected chi connectivity index (χ0v) is 17.1. The van der Waals surface area contributed by atoms with Crippen molar-refractivity contribution in [2.24, 2.45) is 4.99 Å². The zero-order valence-electron chi connectivity index (χ0n) is 17.1. The summed E-state index contributed by atoms with van der Waals surface area (Å²) in [4.78, 5) is 11.9. The predicted octanol–water partition coefficient (Wildman–Crippen LogP) is 5.26. The lowest BCUT2D eigenvalue weighted by atomic mass is 10.3. The molecule has 30 heavy (non-hydrogen) atoms. The molecule has 0 radical (unpaired) electrons. The summed E-state index contributed by atoms with van der Waals surface area (Å²) in [5.41, 5.74) is 5.19. The SMILES string of the molecule is C1=CC2=C(C=CC1)N1C(Nc3ccccc3)=Nc3nc4ccccc4n3C1N2.CC. The Balaban J connectivity index is 0.000000937. The first kappa shape index (κ1) is 18.2. The number of para-hydroxylation sites is 3. The smallest absolute Gasteiger partial charge is 0.237 e. The normalized spacial score (nSPS) is 18.5. The number of nitrogens with one attached hydrogen (secondary N) is 2. The molecule has 1 aliphatic carbocycles. The number of hydrogen-bond acceptors (Lipinski definition) is 5. The summed E-state index contributed by atoms with van der Waals surface area (Å²) in [6.45, 7) is 4.00. The number of hydrogen-bond donors (Lipinski definition) is 2. The van der Waals surface area contributed by atoms with Gasteiger partial charge in [0, 0.05) is 5.69 Å². The number of fused-ring (bicyclic) bond motifs is 6. The molecule has 1 aromatic heterocycles. The van der Waals surface area contributed by atoms with Crippen LogP contribution in [0.3, 0.4) is 0 Å². The Morgan fingerprint density at radius 2 is 1.73 bits per heavy atom. The van der Waals surface area contributed by atoms with Crippen molar-refractivity contribution < 1.29 is 0 Å². The molecule has 0 spiro atoms. The fourth-order valence-corrected chi connectivity index (χ4v) is 3.94. The molecule has 2 aromatic carbocycles. The third kappa shape index (κ3) is 2.88. The molecule has 0 saturated heterocycles. The maximum absolute atomic E-state index is 4.89. The summed E-state index contributed by atoms with van der Waals surface area (Å²) in [6, 6.07) is 18.3. The van der Waals surface area contributed by atoms with Gasteiger partial charge in [0.1, 0.15) is 0 Å². The summed E-state index contributed by atoms with van der Waals surface area (Å²) in [6.07, 6.45) is 9.44. The third-order valence-electron chi connectivity index (χ3n) is 5.18. The van der Waals surface area contributed by atoms with Crippen LogP contribution in [0.15, 0.2) is 95.3 Å². The van der Waals surface area contributed by atoms with E-state index in [-0.39, 0.29) is 6.29 Å². The maximum atomic E-state index is 4.89. The van der Waals surface area contributed by atoms with Gasteiger partial charge in [-0.25, -0.2) is 4.98 Å². The summed E-state index contributed by atoms with van der Waals surface area (Å²) >= 11 is 0. The van der Waals surface area contributed by atoms with Gasteiger partial charge in [-0.15, -0.1) is 0 Å². The molecule has 6 nitrogen and oxygen atoms in total. The minimum atomic E-state index is -0.122.